The third-order valence-electron chi connectivity index (χ3n) is 5.51. The number of aromatic amines is 1. The standard InChI is InChI=1S/C17H23N3O4/c21-16(13-9-12(18-19-13)10-1-2-10)20-7-5-11(6-8-20)14-3-4-15(24-14)17(22)23/h9-11,14-15H,1-8H2,(H,18,19)(H,22,23)/t14-,15+/m0/s1. The van der Waals surface area contributed by atoms with Gasteiger partial charge in [-0.15, -0.1) is 0 Å². The van der Waals surface area contributed by atoms with Gasteiger partial charge in [0.05, 0.1) is 6.10 Å². The van der Waals surface area contributed by atoms with E-state index < -0.39 is 12.1 Å². The Labute approximate surface area is 140 Å². The molecular formula is C17H23N3O4. The Bertz CT molecular complexity index is 632. The number of aromatic nitrogens is 2. The van der Waals surface area contributed by atoms with Gasteiger partial charge >= 0.3 is 5.97 Å². The number of aliphatic carboxylic acids is 1. The number of ether oxygens (including phenoxy) is 1. The molecule has 1 aliphatic carbocycles. The zero-order valence-electron chi connectivity index (χ0n) is 13.6. The molecule has 0 aromatic carbocycles. The van der Waals surface area contributed by atoms with Crippen LogP contribution in [0.1, 0.15) is 60.6 Å². The van der Waals surface area contributed by atoms with Crippen LogP contribution in [-0.2, 0) is 9.53 Å². The second-order valence-electron chi connectivity index (χ2n) is 7.19. The maximum absolute atomic E-state index is 12.6. The molecule has 24 heavy (non-hydrogen) atoms. The highest BCUT2D eigenvalue weighted by atomic mass is 16.5. The number of hydrogen-bond donors (Lipinski definition) is 2. The van der Waals surface area contributed by atoms with Gasteiger partial charge in [-0.25, -0.2) is 4.79 Å². The van der Waals surface area contributed by atoms with E-state index in [9.17, 15) is 9.59 Å². The summed E-state index contributed by atoms with van der Waals surface area (Å²) in [5.41, 5.74) is 1.59. The number of piperidine rings is 1. The molecular weight excluding hydrogens is 310 g/mol. The predicted octanol–water partition coefficient (Wildman–Crippen LogP) is 1.77. The van der Waals surface area contributed by atoms with Crippen LogP contribution >= 0.6 is 0 Å². The van der Waals surface area contributed by atoms with Crippen LogP contribution in [0.3, 0.4) is 0 Å². The number of amides is 1. The molecule has 2 atom stereocenters. The number of H-pyrrole nitrogens is 1. The Kier molecular flexibility index (Phi) is 4.04. The molecule has 0 bridgehead atoms. The van der Waals surface area contributed by atoms with E-state index in [-0.39, 0.29) is 12.0 Å². The first-order chi connectivity index (χ1) is 11.6. The minimum absolute atomic E-state index is 0.00708. The number of nitrogens with zero attached hydrogens (tertiary/aromatic N) is 2. The van der Waals surface area contributed by atoms with Crippen molar-refractivity contribution in [3.8, 4) is 0 Å². The van der Waals surface area contributed by atoms with Crippen LogP contribution in [0.2, 0.25) is 0 Å². The number of hydrogen-bond acceptors (Lipinski definition) is 4. The molecule has 7 nitrogen and oxygen atoms in total. The van der Waals surface area contributed by atoms with Crippen molar-refractivity contribution >= 4 is 11.9 Å². The number of carboxylic acids is 1. The van der Waals surface area contributed by atoms with E-state index in [4.69, 9.17) is 9.84 Å². The van der Waals surface area contributed by atoms with E-state index in [2.05, 4.69) is 10.2 Å². The second kappa shape index (κ2) is 6.20. The summed E-state index contributed by atoms with van der Waals surface area (Å²) in [6.45, 7) is 1.37. The maximum Gasteiger partial charge on any atom is 0.332 e. The minimum Gasteiger partial charge on any atom is -0.479 e. The molecule has 4 rings (SSSR count). The molecule has 1 saturated carbocycles. The summed E-state index contributed by atoms with van der Waals surface area (Å²) in [5.74, 6) is 0.0357. The van der Waals surface area contributed by atoms with Crippen molar-refractivity contribution in [3.05, 3.63) is 17.5 Å². The lowest BCUT2D eigenvalue weighted by molar-refractivity contribution is -0.150. The predicted molar refractivity (Wildman–Crippen MR) is 84.7 cm³/mol. The van der Waals surface area contributed by atoms with Gasteiger partial charge in [-0.1, -0.05) is 0 Å². The highest BCUT2D eigenvalue weighted by Crippen LogP contribution is 2.39. The summed E-state index contributed by atoms with van der Waals surface area (Å²) >= 11 is 0. The second-order valence-corrected chi connectivity index (χ2v) is 7.19. The lowest BCUT2D eigenvalue weighted by Crippen LogP contribution is -2.41. The van der Waals surface area contributed by atoms with E-state index in [1.807, 2.05) is 11.0 Å². The summed E-state index contributed by atoms with van der Waals surface area (Å²) in [6.07, 6.45) is 4.86. The number of nitrogens with one attached hydrogen (secondary N) is 1. The third kappa shape index (κ3) is 3.05. The van der Waals surface area contributed by atoms with Gasteiger partial charge in [-0.05, 0) is 50.5 Å². The van der Waals surface area contributed by atoms with Crippen LogP contribution in [0.15, 0.2) is 6.07 Å². The monoisotopic (exact) mass is 333 g/mol. The maximum atomic E-state index is 12.6. The van der Waals surface area contributed by atoms with E-state index in [0.29, 0.717) is 37.0 Å². The molecule has 1 aromatic heterocycles. The highest BCUT2D eigenvalue weighted by molar-refractivity contribution is 5.92. The van der Waals surface area contributed by atoms with Gasteiger partial charge in [0.2, 0.25) is 0 Å². The Morgan fingerprint density at radius 3 is 2.54 bits per heavy atom. The molecule has 3 fully saturated rings. The summed E-state index contributed by atoms with van der Waals surface area (Å²) < 4.78 is 5.66. The van der Waals surface area contributed by atoms with Crippen LogP contribution < -0.4 is 0 Å². The molecule has 0 unspecified atom stereocenters. The number of carbonyl (C=O) groups excluding carboxylic acids is 1. The topological polar surface area (TPSA) is 95.5 Å². The normalized spacial score (nSPS) is 28.2. The van der Waals surface area contributed by atoms with E-state index in [1.165, 1.54) is 12.8 Å². The molecule has 1 aromatic rings. The first kappa shape index (κ1) is 15.6. The first-order valence-electron chi connectivity index (χ1n) is 8.84. The molecule has 3 aliphatic rings. The molecule has 2 aliphatic heterocycles. The summed E-state index contributed by atoms with van der Waals surface area (Å²) in [7, 11) is 0. The lowest BCUT2D eigenvalue weighted by atomic mass is 9.89. The number of likely N-dealkylation sites (tertiary alicyclic amines) is 1. The van der Waals surface area contributed by atoms with Crippen LogP contribution in [0.5, 0.6) is 0 Å². The van der Waals surface area contributed by atoms with E-state index in [1.54, 1.807) is 0 Å². The minimum atomic E-state index is -0.866. The molecule has 7 heteroatoms. The van der Waals surface area contributed by atoms with Gasteiger partial charge in [0.15, 0.2) is 6.10 Å². The quantitative estimate of drug-likeness (QED) is 0.875. The molecule has 2 N–H and O–H groups in total. The van der Waals surface area contributed by atoms with Crippen molar-refractivity contribution in [2.24, 2.45) is 5.92 Å². The number of carbonyl (C=O) groups is 2. The van der Waals surface area contributed by atoms with Gasteiger partial charge in [0.25, 0.3) is 5.91 Å². The molecule has 2 saturated heterocycles. The van der Waals surface area contributed by atoms with Crippen molar-refractivity contribution in [3.63, 3.8) is 0 Å². The summed E-state index contributed by atoms with van der Waals surface area (Å²) in [5, 5.41) is 16.2. The smallest absolute Gasteiger partial charge is 0.332 e. The van der Waals surface area contributed by atoms with Crippen LogP contribution in [0, 0.1) is 5.92 Å². The van der Waals surface area contributed by atoms with Gasteiger partial charge in [0, 0.05) is 24.7 Å². The van der Waals surface area contributed by atoms with Gasteiger partial charge < -0.3 is 14.7 Å². The number of rotatable bonds is 4. The zero-order valence-corrected chi connectivity index (χ0v) is 13.6. The van der Waals surface area contributed by atoms with Crippen molar-refractivity contribution in [2.45, 2.75) is 56.7 Å². The first-order valence-corrected chi connectivity index (χ1v) is 8.84. The fourth-order valence-corrected chi connectivity index (χ4v) is 3.88. The Morgan fingerprint density at radius 2 is 1.92 bits per heavy atom. The Balaban J connectivity index is 1.30. The Hall–Kier alpha value is -1.89. The lowest BCUT2D eigenvalue weighted by Gasteiger charge is -2.34. The highest BCUT2D eigenvalue weighted by Gasteiger charge is 2.37. The SMILES string of the molecule is O=C(O)[C@H]1CC[C@@H](C2CCN(C(=O)c3cc(C4CC4)[nH]n3)CC2)O1. The average Bonchev–Trinajstić information content (AvgIpc) is 3.13. The van der Waals surface area contributed by atoms with Gasteiger partial charge in [-0.3, -0.25) is 9.89 Å². The molecule has 130 valence electrons. The zero-order chi connectivity index (χ0) is 16.7. The molecule has 1 amide bonds. The van der Waals surface area contributed by atoms with Crippen LogP contribution in [-0.4, -0.2) is 57.4 Å². The summed E-state index contributed by atoms with van der Waals surface area (Å²) in [4.78, 5) is 25.4. The van der Waals surface area contributed by atoms with Gasteiger partial charge in [-0.2, -0.15) is 5.10 Å². The fraction of sp³-hybridized carbons (Fsp3) is 0.706. The molecule has 0 spiro atoms. The van der Waals surface area contributed by atoms with Crippen molar-refractivity contribution in [2.75, 3.05) is 13.1 Å². The molecule has 3 heterocycles. The van der Waals surface area contributed by atoms with E-state index >= 15 is 0 Å². The van der Waals surface area contributed by atoms with E-state index in [0.717, 1.165) is 25.0 Å². The average molecular weight is 333 g/mol. The number of carboxylic acid groups (broad SMARTS) is 1. The Morgan fingerprint density at radius 1 is 1.17 bits per heavy atom. The van der Waals surface area contributed by atoms with Crippen LogP contribution in [0.25, 0.3) is 0 Å². The largest absolute Gasteiger partial charge is 0.479 e. The van der Waals surface area contributed by atoms with Crippen molar-refractivity contribution < 1.29 is 19.4 Å². The van der Waals surface area contributed by atoms with Crippen LogP contribution in [0.4, 0.5) is 0 Å². The van der Waals surface area contributed by atoms with Crippen molar-refractivity contribution in [1.29, 1.82) is 0 Å². The molecule has 0 radical (unpaired) electrons. The van der Waals surface area contributed by atoms with Gasteiger partial charge in [0.1, 0.15) is 5.69 Å². The fourth-order valence-electron chi connectivity index (χ4n) is 3.88. The van der Waals surface area contributed by atoms with Crippen molar-refractivity contribution in [1.82, 2.24) is 15.1 Å². The third-order valence-corrected chi connectivity index (χ3v) is 5.51. The summed E-state index contributed by atoms with van der Waals surface area (Å²) in [6, 6.07) is 1.89.